The van der Waals surface area contributed by atoms with Crippen LogP contribution in [-0.4, -0.2) is 48.8 Å². The summed E-state index contributed by atoms with van der Waals surface area (Å²) in [5.41, 5.74) is 2.58. The molecule has 2 bridgehead atoms. The molecule has 142 valence electrons. The van der Waals surface area contributed by atoms with Gasteiger partial charge < -0.3 is 14.8 Å². The lowest BCUT2D eigenvalue weighted by molar-refractivity contribution is 0.00327. The molecule has 1 saturated heterocycles. The molecule has 3 aromatic rings. The number of anilines is 2. The van der Waals surface area contributed by atoms with Crippen LogP contribution in [-0.2, 0) is 11.3 Å². The highest BCUT2D eigenvalue weighted by atomic mass is 16.5. The Labute approximate surface area is 156 Å². The van der Waals surface area contributed by atoms with Crippen molar-refractivity contribution < 1.29 is 9.47 Å². The zero-order chi connectivity index (χ0) is 18.4. The Kier molecular flexibility index (Phi) is 3.96. The lowest BCUT2D eigenvalue weighted by atomic mass is 10.1. The molecule has 1 fully saturated rings. The molecule has 5 rings (SSSR count). The predicted octanol–water partition coefficient (Wildman–Crippen LogP) is 2.60. The molecule has 0 aromatic carbocycles. The van der Waals surface area contributed by atoms with E-state index >= 15 is 0 Å². The van der Waals surface area contributed by atoms with Gasteiger partial charge in [-0.25, -0.2) is 9.67 Å². The third-order valence-electron chi connectivity index (χ3n) is 5.20. The fraction of sp³-hybridized carbons (Fsp3) is 0.556. The summed E-state index contributed by atoms with van der Waals surface area (Å²) in [5, 5.41) is 13.5. The molecule has 1 N–H and O–H groups in total. The molecule has 0 saturated carbocycles. The van der Waals surface area contributed by atoms with Crippen LogP contribution in [0.3, 0.4) is 0 Å². The summed E-state index contributed by atoms with van der Waals surface area (Å²) in [4.78, 5) is 9.13. The van der Waals surface area contributed by atoms with E-state index in [0.717, 1.165) is 54.8 Å². The maximum atomic E-state index is 5.98. The molecule has 0 aliphatic carbocycles. The molecule has 0 unspecified atom stereocenters. The van der Waals surface area contributed by atoms with E-state index in [4.69, 9.17) is 14.6 Å². The maximum absolute atomic E-state index is 5.98. The van der Waals surface area contributed by atoms with Gasteiger partial charge in [0.05, 0.1) is 36.0 Å². The molecule has 3 aromatic heterocycles. The van der Waals surface area contributed by atoms with E-state index < -0.39 is 0 Å². The van der Waals surface area contributed by atoms with Crippen molar-refractivity contribution in [1.82, 2.24) is 29.5 Å². The van der Waals surface area contributed by atoms with Gasteiger partial charge in [-0.1, -0.05) is 0 Å². The van der Waals surface area contributed by atoms with Gasteiger partial charge in [0.2, 0.25) is 5.95 Å². The standard InChI is InChI=1S/C18H23N7O2/c1-11-8-13(4-7-26-11)25-10-15-17(23-25)27-6-3-5-24-16-14(12(2)22-24)9-19-18(20-15)21-16/h9-11,13H,3-8H2,1-2H3,(H,19,20,21)/t11-,13-/m1/s1. The van der Waals surface area contributed by atoms with E-state index in [1.807, 2.05) is 28.7 Å². The molecular formula is C18H23N7O2. The second kappa shape index (κ2) is 6.49. The quantitative estimate of drug-likeness (QED) is 0.705. The average Bonchev–Trinajstić information content (AvgIpc) is 3.19. The van der Waals surface area contributed by atoms with Gasteiger partial charge >= 0.3 is 0 Å². The van der Waals surface area contributed by atoms with Crippen molar-refractivity contribution in [3.63, 3.8) is 0 Å². The van der Waals surface area contributed by atoms with Crippen molar-refractivity contribution in [1.29, 1.82) is 0 Å². The summed E-state index contributed by atoms with van der Waals surface area (Å²) >= 11 is 0. The van der Waals surface area contributed by atoms with E-state index in [0.29, 0.717) is 24.5 Å². The summed E-state index contributed by atoms with van der Waals surface area (Å²) in [7, 11) is 0. The first-order chi connectivity index (χ1) is 13.2. The van der Waals surface area contributed by atoms with Crippen molar-refractivity contribution in [2.45, 2.75) is 51.8 Å². The van der Waals surface area contributed by atoms with Crippen LogP contribution in [0.5, 0.6) is 5.88 Å². The Morgan fingerprint density at radius 3 is 3.07 bits per heavy atom. The zero-order valence-electron chi connectivity index (χ0n) is 15.6. The molecule has 0 spiro atoms. The van der Waals surface area contributed by atoms with E-state index in [9.17, 15) is 0 Å². The Morgan fingerprint density at radius 2 is 2.19 bits per heavy atom. The third kappa shape index (κ3) is 3.01. The minimum Gasteiger partial charge on any atom is -0.475 e. The van der Waals surface area contributed by atoms with Gasteiger partial charge in [0.1, 0.15) is 5.69 Å². The van der Waals surface area contributed by atoms with Gasteiger partial charge in [0.25, 0.3) is 5.88 Å². The average molecular weight is 369 g/mol. The van der Waals surface area contributed by atoms with Crippen LogP contribution in [0, 0.1) is 6.92 Å². The molecule has 2 atom stereocenters. The number of nitrogens with zero attached hydrogens (tertiary/aromatic N) is 6. The molecule has 2 aliphatic rings. The number of ether oxygens (including phenoxy) is 2. The molecular weight excluding hydrogens is 346 g/mol. The van der Waals surface area contributed by atoms with Gasteiger partial charge in [-0.15, -0.1) is 5.10 Å². The van der Waals surface area contributed by atoms with Crippen molar-refractivity contribution in [3.8, 4) is 5.88 Å². The lowest BCUT2D eigenvalue weighted by Gasteiger charge is -2.27. The number of rotatable bonds is 1. The largest absolute Gasteiger partial charge is 0.475 e. The van der Waals surface area contributed by atoms with Crippen LogP contribution < -0.4 is 10.1 Å². The van der Waals surface area contributed by atoms with Crippen molar-refractivity contribution in [3.05, 3.63) is 18.1 Å². The number of fused-ring (bicyclic) bond motifs is 2. The minimum absolute atomic E-state index is 0.244. The molecule has 2 aliphatic heterocycles. The number of nitrogens with one attached hydrogen (secondary N) is 1. The highest BCUT2D eigenvalue weighted by Gasteiger charge is 2.24. The first-order valence-corrected chi connectivity index (χ1v) is 9.48. The Hall–Kier alpha value is -2.68. The van der Waals surface area contributed by atoms with E-state index in [2.05, 4.69) is 27.3 Å². The Morgan fingerprint density at radius 1 is 1.26 bits per heavy atom. The summed E-state index contributed by atoms with van der Waals surface area (Å²) in [5.74, 6) is 1.11. The second-order valence-electron chi connectivity index (χ2n) is 7.25. The zero-order valence-corrected chi connectivity index (χ0v) is 15.6. The highest BCUT2D eigenvalue weighted by molar-refractivity contribution is 5.78. The Bertz CT molecular complexity index is 980. The fourth-order valence-electron chi connectivity index (χ4n) is 3.80. The highest BCUT2D eigenvalue weighted by Crippen LogP contribution is 2.32. The summed E-state index contributed by atoms with van der Waals surface area (Å²) in [6.07, 6.45) is 6.79. The van der Waals surface area contributed by atoms with Crippen LogP contribution in [0.4, 0.5) is 11.6 Å². The maximum Gasteiger partial charge on any atom is 0.256 e. The summed E-state index contributed by atoms with van der Waals surface area (Å²) < 4.78 is 15.6. The summed E-state index contributed by atoms with van der Waals surface area (Å²) in [6.45, 7) is 6.16. The molecule has 0 amide bonds. The fourth-order valence-corrected chi connectivity index (χ4v) is 3.80. The number of aromatic nitrogens is 6. The van der Waals surface area contributed by atoms with Crippen LogP contribution in [0.25, 0.3) is 11.0 Å². The molecule has 0 radical (unpaired) electrons. The van der Waals surface area contributed by atoms with E-state index in [1.165, 1.54) is 0 Å². The van der Waals surface area contributed by atoms with Crippen molar-refractivity contribution in [2.75, 3.05) is 18.5 Å². The van der Waals surface area contributed by atoms with Crippen LogP contribution in [0.2, 0.25) is 0 Å². The van der Waals surface area contributed by atoms with E-state index in [-0.39, 0.29) is 6.10 Å². The third-order valence-corrected chi connectivity index (χ3v) is 5.20. The first-order valence-electron chi connectivity index (χ1n) is 9.48. The number of aryl methyl sites for hydroxylation is 2. The van der Waals surface area contributed by atoms with Crippen molar-refractivity contribution in [2.24, 2.45) is 0 Å². The second-order valence-corrected chi connectivity index (χ2v) is 7.25. The first kappa shape index (κ1) is 16.5. The molecule has 9 heteroatoms. The molecule has 9 nitrogen and oxygen atoms in total. The molecule has 5 heterocycles. The summed E-state index contributed by atoms with van der Waals surface area (Å²) in [6, 6.07) is 0.312. The monoisotopic (exact) mass is 369 g/mol. The predicted molar refractivity (Wildman–Crippen MR) is 99.4 cm³/mol. The lowest BCUT2D eigenvalue weighted by Crippen LogP contribution is -2.25. The smallest absolute Gasteiger partial charge is 0.256 e. The minimum atomic E-state index is 0.244. The van der Waals surface area contributed by atoms with Gasteiger partial charge in [-0.05, 0) is 26.7 Å². The van der Waals surface area contributed by atoms with Crippen LogP contribution in [0.15, 0.2) is 12.4 Å². The van der Waals surface area contributed by atoms with Gasteiger partial charge in [0.15, 0.2) is 5.65 Å². The van der Waals surface area contributed by atoms with Crippen molar-refractivity contribution >= 4 is 22.7 Å². The van der Waals surface area contributed by atoms with Gasteiger partial charge in [-0.3, -0.25) is 4.68 Å². The van der Waals surface area contributed by atoms with Crippen LogP contribution >= 0.6 is 0 Å². The van der Waals surface area contributed by atoms with E-state index in [1.54, 1.807) is 0 Å². The Balaban J connectivity index is 1.51. The topological polar surface area (TPSA) is 91.9 Å². The van der Waals surface area contributed by atoms with Gasteiger partial charge in [-0.2, -0.15) is 10.1 Å². The normalized spacial score (nSPS) is 22.7. The number of hydrogen-bond acceptors (Lipinski definition) is 7. The SMILES string of the molecule is Cc1nn2c3nc(ncc13)Nc1cn([C@@H]3CCO[C@H](C)C3)nc1OCCC2. The number of hydrogen-bond donors (Lipinski definition) is 1. The van der Waals surface area contributed by atoms with Crippen LogP contribution in [0.1, 0.15) is 37.9 Å². The van der Waals surface area contributed by atoms with Gasteiger partial charge in [0, 0.05) is 25.8 Å². The molecule has 27 heavy (non-hydrogen) atoms.